The van der Waals surface area contributed by atoms with Crippen LogP contribution in [0.15, 0.2) is 12.1 Å². The Morgan fingerprint density at radius 1 is 1.43 bits per heavy atom. The average Bonchev–Trinajstić information content (AvgIpc) is 2.11. The molecule has 4 heteroatoms. The van der Waals surface area contributed by atoms with E-state index in [1.807, 2.05) is 0 Å². The monoisotopic (exact) mass is 200 g/mol. The third kappa shape index (κ3) is 2.28. The lowest BCUT2D eigenvalue weighted by Gasteiger charge is -2.04. The van der Waals surface area contributed by atoms with Gasteiger partial charge < -0.3 is 5.11 Å². The minimum atomic E-state index is -1.17. The summed E-state index contributed by atoms with van der Waals surface area (Å²) in [5.74, 6) is -3.22. The smallest absolute Gasteiger partial charge is 0.307 e. The third-order valence-corrected chi connectivity index (χ3v) is 1.91. The fourth-order valence-electron chi connectivity index (χ4n) is 1.20. The van der Waals surface area contributed by atoms with Crippen LogP contribution in [-0.4, -0.2) is 11.1 Å². The first-order valence-electron chi connectivity index (χ1n) is 4.23. The highest BCUT2D eigenvalue weighted by Gasteiger charge is 2.12. The van der Waals surface area contributed by atoms with Crippen LogP contribution < -0.4 is 0 Å². The van der Waals surface area contributed by atoms with Crippen LogP contribution in [0.25, 0.3) is 0 Å². The largest absolute Gasteiger partial charge is 0.481 e. The number of benzene rings is 1. The molecule has 0 aliphatic carbocycles. The number of hydrogen-bond acceptors (Lipinski definition) is 1. The second kappa shape index (κ2) is 4.17. The second-order valence-corrected chi connectivity index (χ2v) is 2.97. The quantitative estimate of drug-likeness (QED) is 0.811. The minimum Gasteiger partial charge on any atom is -0.481 e. The van der Waals surface area contributed by atoms with Crippen molar-refractivity contribution in [3.05, 3.63) is 34.9 Å². The van der Waals surface area contributed by atoms with E-state index in [4.69, 9.17) is 5.11 Å². The van der Waals surface area contributed by atoms with Crippen LogP contribution in [0.1, 0.15) is 18.1 Å². The topological polar surface area (TPSA) is 37.3 Å². The number of carboxylic acids is 1. The summed E-state index contributed by atoms with van der Waals surface area (Å²) in [7, 11) is 0. The maximum absolute atomic E-state index is 13.0. The molecular formula is C10H10F2O2. The van der Waals surface area contributed by atoms with Crippen molar-refractivity contribution >= 4 is 5.97 Å². The first kappa shape index (κ1) is 10.6. The van der Waals surface area contributed by atoms with Gasteiger partial charge in [-0.3, -0.25) is 4.79 Å². The summed E-state index contributed by atoms with van der Waals surface area (Å²) in [5, 5.41) is 8.46. The van der Waals surface area contributed by atoms with Gasteiger partial charge in [-0.05, 0) is 18.1 Å². The molecule has 1 aromatic carbocycles. The lowest BCUT2D eigenvalue weighted by molar-refractivity contribution is -0.136. The molecule has 0 saturated carbocycles. The summed E-state index contributed by atoms with van der Waals surface area (Å²) >= 11 is 0. The number of hydrogen-bond donors (Lipinski definition) is 1. The van der Waals surface area contributed by atoms with Gasteiger partial charge in [0, 0.05) is 5.56 Å². The van der Waals surface area contributed by atoms with Gasteiger partial charge in [-0.15, -0.1) is 0 Å². The van der Waals surface area contributed by atoms with Gasteiger partial charge >= 0.3 is 5.97 Å². The first-order chi connectivity index (χ1) is 6.54. The molecule has 0 radical (unpaired) electrons. The van der Waals surface area contributed by atoms with E-state index in [1.54, 1.807) is 6.92 Å². The molecule has 14 heavy (non-hydrogen) atoms. The molecule has 0 spiro atoms. The van der Waals surface area contributed by atoms with Gasteiger partial charge in [0.05, 0.1) is 6.42 Å². The Bertz CT molecular complexity index is 361. The van der Waals surface area contributed by atoms with E-state index in [2.05, 4.69) is 0 Å². The lowest BCUT2D eigenvalue weighted by atomic mass is 10.1. The summed E-state index contributed by atoms with van der Waals surface area (Å²) in [5.41, 5.74) is 0.495. The van der Waals surface area contributed by atoms with Crippen molar-refractivity contribution < 1.29 is 18.7 Å². The SMILES string of the molecule is CCc1cc(F)c(F)c(CC(=O)O)c1. The number of aryl methyl sites for hydroxylation is 1. The molecule has 2 nitrogen and oxygen atoms in total. The van der Waals surface area contributed by atoms with Crippen LogP contribution in [-0.2, 0) is 17.6 Å². The Hall–Kier alpha value is -1.45. The maximum Gasteiger partial charge on any atom is 0.307 e. The van der Waals surface area contributed by atoms with Crippen molar-refractivity contribution in [1.82, 2.24) is 0 Å². The molecule has 1 N–H and O–H groups in total. The van der Waals surface area contributed by atoms with Crippen molar-refractivity contribution in [2.24, 2.45) is 0 Å². The summed E-state index contributed by atoms with van der Waals surface area (Å²) in [6.45, 7) is 1.79. The van der Waals surface area contributed by atoms with Crippen LogP contribution in [0, 0.1) is 11.6 Å². The minimum absolute atomic E-state index is 0.102. The van der Waals surface area contributed by atoms with Crippen molar-refractivity contribution in [1.29, 1.82) is 0 Å². The summed E-state index contributed by atoms with van der Waals surface area (Å²) in [6, 6.07) is 2.47. The zero-order valence-corrected chi connectivity index (χ0v) is 7.68. The van der Waals surface area contributed by atoms with Crippen molar-refractivity contribution in [3.8, 4) is 0 Å². The highest BCUT2D eigenvalue weighted by Crippen LogP contribution is 2.16. The van der Waals surface area contributed by atoms with Gasteiger partial charge in [-0.25, -0.2) is 8.78 Å². The Balaban J connectivity index is 3.13. The number of carbonyl (C=O) groups is 1. The molecule has 0 aromatic heterocycles. The second-order valence-electron chi connectivity index (χ2n) is 2.97. The number of aliphatic carboxylic acids is 1. The number of carboxylic acid groups (broad SMARTS) is 1. The van der Waals surface area contributed by atoms with Gasteiger partial charge in [0.1, 0.15) is 0 Å². The van der Waals surface area contributed by atoms with Gasteiger partial charge in [0.15, 0.2) is 11.6 Å². The fraction of sp³-hybridized carbons (Fsp3) is 0.300. The summed E-state index contributed by atoms with van der Waals surface area (Å²) in [6.07, 6.45) is 0.0560. The molecule has 0 bridgehead atoms. The standard InChI is InChI=1S/C10H10F2O2/c1-2-6-3-7(5-9(13)14)10(12)8(11)4-6/h3-4H,2,5H2,1H3,(H,13,14). The summed E-state index contributed by atoms with van der Waals surface area (Å²) < 4.78 is 25.9. The zero-order chi connectivity index (χ0) is 10.7. The van der Waals surface area contributed by atoms with Gasteiger partial charge in [0.2, 0.25) is 0 Å². The van der Waals surface area contributed by atoms with E-state index in [0.29, 0.717) is 12.0 Å². The van der Waals surface area contributed by atoms with Gasteiger partial charge in [0.25, 0.3) is 0 Å². The molecule has 0 fully saturated rings. The maximum atomic E-state index is 13.0. The highest BCUT2D eigenvalue weighted by atomic mass is 19.2. The van der Waals surface area contributed by atoms with E-state index in [0.717, 1.165) is 6.07 Å². The van der Waals surface area contributed by atoms with E-state index >= 15 is 0 Å². The Labute approximate surface area is 80.2 Å². The van der Waals surface area contributed by atoms with E-state index in [9.17, 15) is 13.6 Å². The van der Waals surface area contributed by atoms with Crippen LogP contribution in [0.5, 0.6) is 0 Å². The molecule has 0 aliphatic heterocycles. The molecule has 0 unspecified atom stereocenters. The highest BCUT2D eigenvalue weighted by molar-refractivity contribution is 5.70. The average molecular weight is 200 g/mol. The Kier molecular flexibility index (Phi) is 3.17. The number of halogens is 2. The van der Waals surface area contributed by atoms with Crippen molar-refractivity contribution in [2.75, 3.05) is 0 Å². The predicted molar refractivity (Wildman–Crippen MR) is 47.1 cm³/mol. The van der Waals surface area contributed by atoms with Gasteiger partial charge in [-0.2, -0.15) is 0 Å². The molecular weight excluding hydrogens is 190 g/mol. The van der Waals surface area contributed by atoms with Crippen molar-refractivity contribution in [3.63, 3.8) is 0 Å². The first-order valence-corrected chi connectivity index (χ1v) is 4.23. The van der Waals surface area contributed by atoms with Crippen LogP contribution >= 0.6 is 0 Å². The van der Waals surface area contributed by atoms with Crippen molar-refractivity contribution in [2.45, 2.75) is 19.8 Å². The molecule has 0 atom stereocenters. The number of rotatable bonds is 3. The van der Waals surface area contributed by atoms with Crippen LogP contribution in [0.3, 0.4) is 0 Å². The Morgan fingerprint density at radius 2 is 2.07 bits per heavy atom. The lowest BCUT2D eigenvalue weighted by Crippen LogP contribution is -2.05. The molecule has 0 heterocycles. The molecule has 0 saturated heterocycles. The van der Waals surface area contributed by atoms with Gasteiger partial charge in [-0.1, -0.05) is 13.0 Å². The molecule has 0 aliphatic rings. The summed E-state index contributed by atoms with van der Waals surface area (Å²) in [4.78, 5) is 10.3. The Morgan fingerprint density at radius 3 is 2.57 bits per heavy atom. The molecule has 0 amide bonds. The van der Waals surface area contributed by atoms with E-state index in [1.165, 1.54) is 6.07 Å². The molecule has 1 aromatic rings. The molecule has 1 rings (SSSR count). The fourth-order valence-corrected chi connectivity index (χ4v) is 1.20. The normalized spacial score (nSPS) is 10.2. The predicted octanol–water partition coefficient (Wildman–Crippen LogP) is 2.15. The van der Waals surface area contributed by atoms with E-state index < -0.39 is 24.0 Å². The molecule has 76 valence electrons. The van der Waals surface area contributed by atoms with Crippen LogP contribution in [0.4, 0.5) is 8.78 Å². The van der Waals surface area contributed by atoms with E-state index in [-0.39, 0.29) is 5.56 Å². The van der Waals surface area contributed by atoms with Crippen LogP contribution in [0.2, 0.25) is 0 Å². The zero-order valence-electron chi connectivity index (χ0n) is 7.68. The third-order valence-electron chi connectivity index (χ3n) is 1.91.